The Morgan fingerprint density at radius 3 is 2.88 bits per heavy atom. The molecule has 3 nitrogen and oxygen atoms in total. The van der Waals surface area contributed by atoms with Crippen LogP contribution < -0.4 is 5.32 Å². The van der Waals surface area contributed by atoms with E-state index in [9.17, 15) is 4.79 Å². The molecular formula is C14H26N2O. The van der Waals surface area contributed by atoms with Crippen LogP contribution in [0.2, 0.25) is 0 Å². The minimum Gasteiger partial charge on any atom is -0.342 e. The van der Waals surface area contributed by atoms with Gasteiger partial charge in [-0.3, -0.25) is 4.79 Å². The molecule has 1 aliphatic heterocycles. The molecule has 1 atom stereocenters. The lowest BCUT2D eigenvalue weighted by Gasteiger charge is -2.21. The molecule has 1 fully saturated rings. The molecule has 1 amide bonds. The fourth-order valence-corrected chi connectivity index (χ4v) is 2.43. The quantitative estimate of drug-likeness (QED) is 0.587. The molecule has 1 aliphatic rings. The Labute approximate surface area is 105 Å². The highest BCUT2D eigenvalue weighted by Crippen LogP contribution is 2.24. The number of carbonyl (C=O) groups is 1. The molecule has 3 heteroatoms. The Morgan fingerprint density at radius 1 is 1.47 bits per heavy atom. The fraction of sp³-hybridized carbons (Fsp3) is 0.786. The highest BCUT2D eigenvalue weighted by molar-refractivity contribution is 5.78. The molecule has 17 heavy (non-hydrogen) atoms. The van der Waals surface area contributed by atoms with Crippen molar-refractivity contribution in [2.75, 3.05) is 26.2 Å². The van der Waals surface area contributed by atoms with Gasteiger partial charge in [0.25, 0.3) is 0 Å². The van der Waals surface area contributed by atoms with Crippen LogP contribution in [-0.2, 0) is 4.79 Å². The summed E-state index contributed by atoms with van der Waals surface area (Å²) >= 11 is 0. The second kappa shape index (κ2) is 7.49. The van der Waals surface area contributed by atoms with Gasteiger partial charge in [0.2, 0.25) is 5.91 Å². The normalized spacial score (nSPS) is 21.4. The van der Waals surface area contributed by atoms with E-state index in [1.807, 2.05) is 4.90 Å². The molecule has 0 bridgehead atoms. The van der Waals surface area contributed by atoms with Crippen LogP contribution >= 0.6 is 0 Å². The van der Waals surface area contributed by atoms with Gasteiger partial charge in [-0.25, -0.2) is 0 Å². The van der Waals surface area contributed by atoms with Gasteiger partial charge in [-0.05, 0) is 31.1 Å². The van der Waals surface area contributed by atoms with E-state index in [1.54, 1.807) is 6.08 Å². The lowest BCUT2D eigenvalue weighted by atomic mass is 9.89. The van der Waals surface area contributed by atoms with E-state index in [2.05, 4.69) is 25.7 Å². The van der Waals surface area contributed by atoms with Crippen LogP contribution in [0.5, 0.6) is 0 Å². The minimum atomic E-state index is 0.233. The number of amides is 1. The molecule has 1 heterocycles. The summed E-state index contributed by atoms with van der Waals surface area (Å²) in [5, 5.41) is 3.08. The van der Waals surface area contributed by atoms with Gasteiger partial charge in [0.1, 0.15) is 0 Å². The highest BCUT2D eigenvalue weighted by Gasteiger charge is 2.21. The van der Waals surface area contributed by atoms with E-state index in [4.69, 9.17) is 0 Å². The van der Waals surface area contributed by atoms with Crippen molar-refractivity contribution < 1.29 is 4.79 Å². The molecule has 0 saturated carbocycles. The summed E-state index contributed by atoms with van der Waals surface area (Å²) < 4.78 is 0. The van der Waals surface area contributed by atoms with E-state index in [-0.39, 0.29) is 5.91 Å². The van der Waals surface area contributed by atoms with Crippen molar-refractivity contribution in [1.29, 1.82) is 0 Å². The van der Waals surface area contributed by atoms with Gasteiger partial charge in [0, 0.05) is 19.6 Å². The van der Waals surface area contributed by atoms with Gasteiger partial charge in [-0.1, -0.05) is 19.9 Å². The molecule has 98 valence electrons. The van der Waals surface area contributed by atoms with Crippen molar-refractivity contribution in [2.45, 2.75) is 33.1 Å². The van der Waals surface area contributed by atoms with Gasteiger partial charge in [-0.2, -0.15) is 0 Å². The third-order valence-corrected chi connectivity index (χ3v) is 3.63. The number of rotatable bonds is 5. The number of nitrogens with zero attached hydrogens (tertiary/aromatic N) is 1. The molecule has 1 saturated heterocycles. The number of nitrogens with one attached hydrogen (secondary N) is 1. The zero-order valence-corrected chi connectivity index (χ0v) is 11.2. The summed E-state index contributed by atoms with van der Waals surface area (Å²) in [6.07, 6.45) is 5.35. The molecule has 1 rings (SSSR count). The van der Waals surface area contributed by atoms with Crippen LogP contribution in [0.1, 0.15) is 33.1 Å². The van der Waals surface area contributed by atoms with Crippen molar-refractivity contribution in [3.8, 4) is 0 Å². The highest BCUT2D eigenvalue weighted by atomic mass is 16.2. The number of likely N-dealkylation sites (tertiary alicyclic amines) is 1. The standard InChI is InChI=1S/C14H26N2O/c1-4-8-15-11-14(17)16-9-5-6-13(7-10-16)12(2)3/h4,12-13,15H,1,5-11H2,2-3H3. The molecule has 0 spiro atoms. The molecule has 0 aliphatic carbocycles. The number of hydrogen-bond acceptors (Lipinski definition) is 2. The predicted molar refractivity (Wildman–Crippen MR) is 71.8 cm³/mol. The average Bonchev–Trinajstić information content (AvgIpc) is 2.54. The monoisotopic (exact) mass is 238 g/mol. The van der Waals surface area contributed by atoms with Gasteiger partial charge < -0.3 is 10.2 Å². The first-order chi connectivity index (χ1) is 8.15. The largest absolute Gasteiger partial charge is 0.342 e. The van der Waals surface area contributed by atoms with Crippen molar-refractivity contribution in [3.05, 3.63) is 12.7 Å². The van der Waals surface area contributed by atoms with E-state index >= 15 is 0 Å². The maximum absolute atomic E-state index is 11.9. The van der Waals surface area contributed by atoms with Crippen molar-refractivity contribution in [3.63, 3.8) is 0 Å². The zero-order chi connectivity index (χ0) is 12.7. The summed E-state index contributed by atoms with van der Waals surface area (Å²) in [5.74, 6) is 1.76. The van der Waals surface area contributed by atoms with Gasteiger partial charge in [0.05, 0.1) is 6.54 Å². The smallest absolute Gasteiger partial charge is 0.236 e. The lowest BCUT2D eigenvalue weighted by Crippen LogP contribution is -2.38. The van der Waals surface area contributed by atoms with Crippen LogP contribution in [0.3, 0.4) is 0 Å². The van der Waals surface area contributed by atoms with Gasteiger partial charge >= 0.3 is 0 Å². The topological polar surface area (TPSA) is 32.3 Å². The van der Waals surface area contributed by atoms with Crippen LogP contribution in [0.15, 0.2) is 12.7 Å². The minimum absolute atomic E-state index is 0.233. The molecule has 0 aromatic heterocycles. The average molecular weight is 238 g/mol. The summed E-state index contributed by atoms with van der Waals surface area (Å²) in [4.78, 5) is 13.9. The number of hydrogen-bond donors (Lipinski definition) is 1. The van der Waals surface area contributed by atoms with E-state index in [1.165, 1.54) is 6.42 Å². The van der Waals surface area contributed by atoms with Crippen LogP contribution in [0.4, 0.5) is 0 Å². The molecular weight excluding hydrogens is 212 g/mol. The third-order valence-electron chi connectivity index (χ3n) is 3.63. The van der Waals surface area contributed by atoms with E-state index in [0.29, 0.717) is 13.1 Å². The Hall–Kier alpha value is -0.830. The van der Waals surface area contributed by atoms with Crippen molar-refractivity contribution in [1.82, 2.24) is 10.2 Å². The first-order valence-electron chi connectivity index (χ1n) is 6.74. The van der Waals surface area contributed by atoms with Crippen molar-refractivity contribution >= 4 is 5.91 Å². The second-order valence-corrected chi connectivity index (χ2v) is 5.24. The lowest BCUT2D eigenvalue weighted by molar-refractivity contribution is -0.130. The summed E-state index contributed by atoms with van der Waals surface area (Å²) in [7, 11) is 0. The van der Waals surface area contributed by atoms with Gasteiger partial charge in [-0.15, -0.1) is 6.58 Å². The Balaban J connectivity index is 2.34. The Bertz CT molecular complexity index is 251. The molecule has 0 radical (unpaired) electrons. The maximum Gasteiger partial charge on any atom is 0.236 e. The van der Waals surface area contributed by atoms with Crippen LogP contribution in [0.25, 0.3) is 0 Å². The Kier molecular flexibility index (Phi) is 6.27. The van der Waals surface area contributed by atoms with E-state index < -0.39 is 0 Å². The molecule has 1 N–H and O–H groups in total. The third kappa shape index (κ3) is 4.90. The summed E-state index contributed by atoms with van der Waals surface area (Å²) in [5.41, 5.74) is 0. The Morgan fingerprint density at radius 2 is 2.24 bits per heavy atom. The van der Waals surface area contributed by atoms with Gasteiger partial charge in [0.15, 0.2) is 0 Å². The van der Waals surface area contributed by atoms with Crippen LogP contribution in [-0.4, -0.2) is 37.0 Å². The summed E-state index contributed by atoms with van der Waals surface area (Å²) in [6.45, 7) is 11.2. The van der Waals surface area contributed by atoms with E-state index in [0.717, 1.165) is 37.8 Å². The summed E-state index contributed by atoms with van der Waals surface area (Å²) in [6, 6.07) is 0. The molecule has 1 unspecified atom stereocenters. The molecule has 0 aromatic carbocycles. The zero-order valence-electron chi connectivity index (χ0n) is 11.2. The first-order valence-corrected chi connectivity index (χ1v) is 6.74. The van der Waals surface area contributed by atoms with Crippen LogP contribution in [0, 0.1) is 11.8 Å². The first kappa shape index (κ1) is 14.2. The maximum atomic E-state index is 11.9. The number of carbonyl (C=O) groups excluding carboxylic acids is 1. The fourth-order valence-electron chi connectivity index (χ4n) is 2.43. The SMILES string of the molecule is C=CCNCC(=O)N1CCCC(C(C)C)CC1. The molecule has 0 aromatic rings. The second-order valence-electron chi connectivity index (χ2n) is 5.24. The van der Waals surface area contributed by atoms with Crippen molar-refractivity contribution in [2.24, 2.45) is 11.8 Å². The predicted octanol–water partition coefficient (Wildman–Crippen LogP) is 2.05.